The van der Waals surface area contributed by atoms with Gasteiger partial charge in [0, 0.05) is 6.92 Å². The second kappa shape index (κ2) is 6.07. The Morgan fingerprint density at radius 2 is 1.93 bits per heavy atom. The molecule has 2 atom stereocenters. The van der Waals surface area contributed by atoms with Gasteiger partial charge in [-0.05, 0) is 18.3 Å². The molecule has 0 aromatic rings. The van der Waals surface area contributed by atoms with E-state index in [1.54, 1.807) is 0 Å². The molecule has 1 saturated carbocycles. The highest BCUT2D eigenvalue weighted by atomic mass is 32.2. The molecule has 1 N–H and O–H groups in total. The van der Waals surface area contributed by atoms with Crippen LogP contribution in [0.3, 0.4) is 0 Å². The molecule has 0 heterocycles. The Balaban J connectivity index is 0.000000423. The van der Waals surface area contributed by atoms with E-state index in [0.717, 1.165) is 26.0 Å². The van der Waals surface area contributed by atoms with Crippen LogP contribution in [0.15, 0.2) is 0 Å². The Hall–Kier alpha value is -0.620. The van der Waals surface area contributed by atoms with Crippen molar-refractivity contribution in [2.75, 3.05) is 12.9 Å². The fraction of sp³-hybridized carbons (Fsp3) is 0.889. The van der Waals surface area contributed by atoms with E-state index in [0.29, 0.717) is 18.4 Å². The minimum absolute atomic E-state index is 0.386. The van der Waals surface area contributed by atoms with Crippen LogP contribution < -0.4 is 0 Å². The largest absolute Gasteiger partial charge is 0.481 e. The molecule has 0 aromatic heterocycles. The summed E-state index contributed by atoms with van der Waals surface area (Å²) < 4.78 is 25.7. The van der Waals surface area contributed by atoms with Crippen molar-refractivity contribution < 1.29 is 22.5 Å². The average Bonchev–Trinajstić information content (AvgIpc) is 2.76. The maximum absolute atomic E-state index is 10.5. The second-order valence-electron chi connectivity index (χ2n) is 3.67. The molecular weight excluding hydrogens is 220 g/mol. The lowest BCUT2D eigenvalue weighted by molar-refractivity contribution is -0.134. The summed E-state index contributed by atoms with van der Waals surface area (Å²) in [5, 5.41) is 7.42. The Kier molecular flexibility index (Phi) is 5.82. The quantitative estimate of drug-likeness (QED) is 0.742. The summed E-state index contributed by atoms with van der Waals surface area (Å²) in [6.07, 6.45) is 3.36. The van der Waals surface area contributed by atoms with Crippen LogP contribution in [0.1, 0.15) is 26.7 Å². The van der Waals surface area contributed by atoms with Crippen molar-refractivity contribution in [3.05, 3.63) is 0 Å². The summed E-state index contributed by atoms with van der Waals surface area (Å²) in [6, 6.07) is 0. The summed E-state index contributed by atoms with van der Waals surface area (Å²) in [7, 11) is -3.21. The highest BCUT2D eigenvalue weighted by Gasteiger charge is 2.35. The number of hydrogen-bond acceptors (Lipinski definition) is 4. The zero-order valence-electron chi connectivity index (χ0n) is 9.26. The summed E-state index contributed by atoms with van der Waals surface area (Å²) >= 11 is 0. The van der Waals surface area contributed by atoms with E-state index in [1.165, 1.54) is 0 Å². The predicted molar refractivity (Wildman–Crippen MR) is 56.0 cm³/mol. The van der Waals surface area contributed by atoms with Gasteiger partial charge in [0.1, 0.15) is 0 Å². The van der Waals surface area contributed by atoms with Crippen LogP contribution in [-0.4, -0.2) is 32.4 Å². The summed E-state index contributed by atoms with van der Waals surface area (Å²) in [5.74, 6) is 0.367. The fourth-order valence-corrected chi connectivity index (χ4v) is 1.65. The first kappa shape index (κ1) is 14.4. The molecule has 0 bridgehead atoms. The van der Waals surface area contributed by atoms with E-state index in [4.69, 9.17) is 9.90 Å². The topological polar surface area (TPSA) is 80.7 Å². The zero-order valence-corrected chi connectivity index (χ0v) is 10.1. The van der Waals surface area contributed by atoms with Gasteiger partial charge in [0.15, 0.2) is 0 Å². The maximum atomic E-state index is 10.5. The van der Waals surface area contributed by atoms with Crippen LogP contribution in [0.25, 0.3) is 0 Å². The highest BCUT2D eigenvalue weighted by Crippen LogP contribution is 2.41. The average molecular weight is 238 g/mol. The van der Waals surface area contributed by atoms with Crippen molar-refractivity contribution in [3.63, 3.8) is 0 Å². The Bertz CT molecular complexity index is 292. The van der Waals surface area contributed by atoms with Crippen LogP contribution >= 0.6 is 0 Å². The number of carboxylic acid groups (broad SMARTS) is 1. The van der Waals surface area contributed by atoms with Gasteiger partial charge in [-0.1, -0.05) is 13.3 Å². The second-order valence-corrected chi connectivity index (χ2v) is 5.32. The lowest BCUT2D eigenvalue weighted by Crippen LogP contribution is -2.06. The molecule has 0 saturated heterocycles. The Morgan fingerprint density at radius 1 is 1.47 bits per heavy atom. The predicted octanol–water partition coefficient (Wildman–Crippen LogP) is 1.10. The van der Waals surface area contributed by atoms with Gasteiger partial charge < -0.3 is 5.11 Å². The van der Waals surface area contributed by atoms with Crippen LogP contribution in [0.2, 0.25) is 0 Å². The molecule has 0 aromatic carbocycles. The maximum Gasteiger partial charge on any atom is 0.300 e. The van der Waals surface area contributed by atoms with Gasteiger partial charge in [-0.2, -0.15) is 8.42 Å². The molecule has 2 unspecified atom stereocenters. The van der Waals surface area contributed by atoms with E-state index in [2.05, 4.69) is 11.1 Å². The molecule has 1 rings (SSSR count). The summed E-state index contributed by atoms with van der Waals surface area (Å²) in [5.41, 5.74) is 0. The third-order valence-corrected chi connectivity index (χ3v) is 2.65. The molecule has 0 aliphatic heterocycles. The number of aliphatic carboxylic acids is 1. The molecule has 90 valence electrons. The van der Waals surface area contributed by atoms with Crippen molar-refractivity contribution in [2.45, 2.75) is 26.7 Å². The Morgan fingerprint density at radius 3 is 2.20 bits per heavy atom. The van der Waals surface area contributed by atoms with Crippen molar-refractivity contribution in [1.29, 1.82) is 0 Å². The third kappa shape index (κ3) is 9.68. The minimum Gasteiger partial charge on any atom is -0.481 e. The molecule has 1 aliphatic rings. The molecule has 0 spiro atoms. The third-order valence-electron chi connectivity index (χ3n) is 2.09. The molecule has 0 amide bonds. The first-order valence-electron chi connectivity index (χ1n) is 4.80. The van der Waals surface area contributed by atoms with E-state index in [9.17, 15) is 8.42 Å². The van der Waals surface area contributed by atoms with Gasteiger partial charge in [0.2, 0.25) is 0 Å². The van der Waals surface area contributed by atoms with E-state index in [1.807, 2.05) is 0 Å². The number of hydrogen-bond donors (Lipinski definition) is 1. The molecule has 15 heavy (non-hydrogen) atoms. The SMILES string of the molecule is CC(=O)O.CCC1CC1COS(C)(=O)=O. The van der Waals surface area contributed by atoms with E-state index < -0.39 is 16.1 Å². The lowest BCUT2D eigenvalue weighted by Gasteiger charge is -1.98. The minimum atomic E-state index is -3.21. The first-order valence-corrected chi connectivity index (χ1v) is 6.61. The van der Waals surface area contributed by atoms with Gasteiger partial charge in [0.05, 0.1) is 12.9 Å². The lowest BCUT2D eigenvalue weighted by atomic mass is 10.3. The van der Waals surface area contributed by atoms with Gasteiger partial charge in [-0.25, -0.2) is 0 Å². The first-order chi connectivity index (χ1) is 6.76. The van der Waals surface area contributed by atoms with Gasteiger partial charge in [0.25, 0.3) is 16.1 Å². The molecule has 0 radical (unpaired) electrons. The van der Waals surface area contributed by atoms with Gasteiger partial charge in [-0.3, -0.25) is 8.98 Å². The smallest absolute Gasteiger partial charge is 0.300 e. The molecule has 6 heteroatoms. The number of rotatable bonds is 4. The monoisotopic (exact) mass is 238 g/mol. The molecule has 5 nitrogen and oxygen atoms in total. The van der Waals surface area contributed by atoms with E-state index >= 15 is 0 Å². The van der Waals surface area contributed by atoms with E-state index in [-0.39, 0.29) is 0 Å². The highest BCUT2D eigenvalue weighted by molar-refractivity contribution is 7.85. The number of carboxylic acids is 1. The van der Waals surface area contributed by atoms with Gasteiger partial charge in [-0.15, -0.1) is 0 Å². The van der Waals surface area contributed by atoms with Crippen LogP contribution in [0, 0.1) is 11.8 Å². The van der Waals surface area contributed by atoms with Crippen molar-refractivity contribution in [3.8, 4) is 0 Å². The molecule has 1 fully saturated rings. The zero-order chi connectivity index (χ0) is 12.1. The van der Waals surface area contributed by atoms with Crippen LogP contribution in [0.4, 0.5) is 0 Å². The van der Waals surface area contributed by atoms with Crippen molar-refractivity contribution >= 4 is 16.1 Å². The summed E-state index contributed by atoms with van der Waals surface area (Å²) in [4.78, 5) is 9.00. The summed E-state index contributed by atoms with van der Waals surface area (Å²) in [6.45, 7) is 3.59. The van der Waals surface area contributed by atoms with Crippen molar-refractivity contribution in [1.82, 2.24) is 0 Å². The van der Waals surface area contributed by atoms with Crippen LogP contribution in [0.5, 0.6) is 0 Å². The standard InChI is InChI=1S/C7H14O3S.C2H4O2/c1-3-6-4-7(6)5-10-11(2,8)9;1-2(3)4/h6-7H,3-5H2,1-2H3;1H3,(H,3,4). The number of carbonyl (C=O) groups is 1. The van der Waals surface area contributed by atoms with Gasteiger partial charge >= 0.3 is 0 Å². The molecule has 1 aliphatic carbocycles. The molecular formula is C9H18O5S. The fourth-order valence-electron chi connectivity index (χ4n) is 1.23. The Labute approximate surface area is 90.6 Å². The van der Waals surface area contributed by atoms with Crippen molar-refractivity contribution in [2.24, 2.45) is 11.8 Å². The van der Waals surface area contributed by atoms with Crippen LogP contribution in [-0.2, 0) is 19.1 Å². The normalized spacial score (nSPS) is 23.9.